The van der Waals surface area contributed by atoms with Crippen LogP contribution in [0.3, 0.4) is 0 Å². The highest BCUT2D eigenvalue weighted by molar-refractivity contribution is 5.71. The Balaban J connectivity index is 1.61. The molecule has 3 aromatic heterocycles. The number of hydrogen-bond acceptors (Lipinski definition) is 8. The molecule has 0 N–H and O–H groups in total. The maximum atomic E-state index is 10.9. The fourth-order valence-electron chi connectivity index (χ4n) is 3.13. The predicted octanol–water partition coefficient (Wildman–Crippen LogP) is 3.23. The topological polar surface area (TPSA) is 118 Å². The minimum atomic E-state index is -0.527. The van der Waals surface area contributed by atoms with Gasteiger partial charge in [0, 0.05) is 11.8 Å². The number of nitrogens with zero attached hydrogens (tertiary/aromatic N) is 6. The maximum Gasteiger partial charge on any atom is 0.390 e. The third kappa shape index (κ3) is 4.88. The fourth-order valence-corrected chi connectivity index (χ4v) is 3.13. The van der Waals surface area contributed by atoms with E-state index >= 15 is 0 Å². The molecule has 0 bridgehead atoms. The van der Waals surface area contributed by atoms with Gasteiger partial charge in [-0.2, -0.15) is 4.68 Å². The number of ether oxygens (including phenoxy) is 2. The highest BCUT2D eigenvalue weighted by atomic mass is 16.6. The SMILES string of the molecule is COc1ccc(C#Cc2nc3ncccc3nc2OCCn2nc([N+](=O)[O-])cc2C)c(C)c1. The average molecular weight is 444 g/mol. The van der Waals surface area contributed by atoms with Crippen LogP contribution in [0.2, 0.25) is 0 Å². The van der Waals surface area contributed by atoms with Crippen LogP contribution in [0.5, 0.6) is 11.6 Å². The van der Waals surface area contributed by atoms with Crippen LogP contribution >= 0.6 is 0 Å². The Morgan fingerprint density at radius 1 is 1.15 bits per heavy atom. The van der Waals surface area contributed by atoms with Crippen LogP contribution in [-0.2, 0) is 6.54 Å². The van der Waals surface area contributed by atoms with Gasteiger partial charge in [-0.25, -0.2) is 15.0 Å². The first-order valence-electron chi connectivity index (χ1n) is 10.1. The Morgan fingerprint density at radius 2 is 2.00 bits per heavy atom. The zero-order valence-corrected chi connectivity index (χ0v) is 18.3. The molecule has 3 heterocycles. The molecule has 33 heavy (non-hydrogen) atoms. The number of fused-ring (bicyclic) bond motifs is 1. The van der Waals surface area contributed by atoms with E-state index in [1.807, 2.05) is 25.1 Å². The second-order valence-electron chi connectivity index (χ2n) is 7.13. The van der Waals surface area contributed by atoms with Crippen molar-refractivity contribution < 1.29 is 14.4 Å². The highest BCUT2D eigenvalue weighted by Crippen LogP contribution is 2.19. The number of aromatic nitrogens is 5. The monoisotopic (exact) mass is 444 g/mol. The zero-order valence-electron chi connectivity index (χ0n) is 18.3. The van der Waals surface area contributed by atoms with E-state index in [0.29, 0.717) is 29.1 Å². The zero-order chi connectivity index (χ0) is 23.4. The summed E-state index contributed by atoms with van der Waals surface area (Å²) in [5, 5.41) is 14.9. The van der Waals surface area contributed by atoms with Crippen LogP contribution in [0, 0.1) is 35.8 Å². The van der Waals surface area contributed by atoms with Crippen LogP contribution in [-0.4, -0.2) is 43.4 Å². The van der Waals surface area contributed by atoms with Crippen LogP contribution in [0.15, 0.2) is 42.6 Å². The summed E-state index contributed by atoms with van der Waals surface area (Å²) in [6, 6.07) is 10.6. The summed E-state index contributed by atoms with van der Waals surface area (Å²) in [5.74, 6) is 6.96. The average Bonchev–Trinajstić information content (AvgIpc) is 3.19. The minimum Gasteiger partial charge on any atom is -0.497 e. The highest BCUT2D eigenvalue weighted by Gasteiger charge is 2.16. The number of pyridine rings is 1. The number of aryl methyl sites for hydroxylation is 2. The molecule has 0 fully saturated rings. The Labute approximate surface area is 189 Å². The van der Waals surface area contributed by atoms with E-state index in [1.165, 1.54) is 10.7 Å². The summed E-state index contributed by atoms with van der Waals surface area (Å²) >= 11 is 0. The molecule has 0 amide bonds. The van der Waals surface area contributed by atoms with E-state index in [2.05, 4.69) is 31.9 Å². The Hall–Kier alpha value is -4.52. The summed E-state index contributed by atoms with van der Waals surface area (Å²) in [5.41, 5.74) is 3.83. The van der Waals surface area contributed by atoms with Gasteiger partial charge in [0.25, 0.3) is 0 Å². The Kier molecular flexibility index (Phi) is 6.13. The maximum absolute atomic E-state index is 10.9. The van der Waals surface area contributed by atoms with Gasteiger partial charge < -0.3 is 19.6 Å². The first kappa shape index (κ1) is 21.7. The largest absolute Gasteiger partial charge is 0.497 e. The van der Waals surface area contributed by atoms with Crippen molar-refractivity contribution in [2.24, 2.45) is 0 Å². The fraction of sp³-hybridized carbons (Fsp3) is 0.217. The van der Waals surface area contributed by atoms with Gasteiger partial charge in [-0.15, -0.1) is 0 Å². The van der Waals surface area contributed by atoms with Crippen LogP contribution < -0.4 is 9.47 Å². The minimum absolute atomic E-state index is 0.177. The molecule has 4 rings (SSSR count). The van der Waals surface area contributed by atoms with Gasteiger partial charge in [0.2, 0.25) is 5.88 Å². The van der Waals surface area contributed by atoms with E-state index < -0.39 is 4.92 Å². The summed E-state index contributed by atoms with van der Waals surface area (Å²) in [4.78, 5) is 23.7. The second-order valence-corrected chi connectivity index (χ2v) is 7.13. The molecular weight excluding hydrogens is 424 g/mol. The first-order chi connectivity index (χ1) is 15.9. The number of nitro groups is 1. The molecule has 0 saturated heterocycles. The molecule has 4 aromatic rings. The standard InChI is InChI=1S/C23H20N6O4/c1-15-13-18(32-3)8-6-17(15)7-9-20-23(26-19-5-4-10-24-22(19)25-20)33-12-11-28-16(2)14-21(27-28)29(30)31/h4-6,8,10,13-14H,11-12H2,1-3H3. The molecule has 1 aromatic carbocycles. The number of hydrogen-bond donors (Lipinski definition) is 0. The number of benzene rings is 1. The van der Waals surface area contributed by atoms with Gasteiger partial charge in [0.15, 0.2) is 11.3 Å². The Morgan fingerprint density at radius 3 is 2.73 bits per heavy atom. The number of rotatable bonds is 6. The molecule has 166 valence electrons. The molecule has 0 aliphatic heterocycles. The summed E-state index contributed by atoms with van der Waals surface area (Å²) < 4.78 is 12.6. The van der Waals surface area contributed by atoms with Crippen LogP contribution in [0.4, 0.5) is 5.82 Å². The molecular formula is C23H20N6O4. The first-order valence-corrected chi connectivity index (χ1v) is 10.1. The molecule has 0 unspecified atom stereocenters. The van der Waals surface area contributed by atoms with Crippen molar-refractivity contribution in [3.8, 4) is 23.5 Å². The van der Waals surface area contributed by atoms with Crippen molar-refractivity contribution in [2.45, 2.75) is 20.4 Å². The lowest BCUT2D eigenvalue weighted by atomic mass is 10.1. The molecule has 10 nitrogen and oxygen atoms in total. The van der Waals surface area contributed by atoms with E-state index in [4.69, 9.17) is 9.47 Å². The predicted molar refractivity (Wildman–Crippen MR) is 120 cm³/mol. The lowest BCUT2D eigenvalue weighted by molar-refractivity contribution is -0.389. The second kappa shape index (κ2) is 9.32. The van der Waals surface area contributed by atoms with Gasteiger partial charge in [0.05, 0.1) is 30.5 Å². The van der Waals surface area contributed by atoms with Crippen LogP contribution in [0.1, 0.15) is 22.5 Å². The third-order valence-corrected chi connectivity index (χ3v) is 4.85. The lowest BCUT2D eigenvalue weighted by Crippen LogP contribution is -2.12. The number of methoxy groups -OCH3 is 1. The Bertz CT molecular complexity index is 1400. The van der Waals surface area contributed by atoms with Gasteiger partial charge in [-0.3, -0.25) is 0 Å². The normalized spacial score (nSPS) is 10.5. The van der Waals surface area contributed by atoms with E-state index in [-0.39, 0.29) is 18.3 Å². The van der Waals surface area contributed by atoms with E-state index in [0.717, 1.165) is 16.9 Å². The summed E-state index contributed by atoms with van der Waals surface area (Å²) in [6.07, 6.45) is 1.63. The van der Waals surface area contributed by atoms with E-state index in [1.54, 1.807) is 32.4 Å². The van der Waals surface area contributed by atoms with Crippen LogP contribution in [0.25, 0.3) is 11.2 Å². The van der Waals surface area contributed by atoms with Crippen molar-refractivity contribution in [1.29, 1.82) is 0 Å². The quantitative estimate of drug-likeness (QED) is 0.253. The molecule has 0 atom stereocenters. The lowest BCUT2D eigenvalue weighted by Gasteiger charge is -2.08. The molecule has 0 aliphatic carbocycles. The van der Waals surface area contributed by atoms with Gasteiger partial charge in [-0.1, -0.05) is 5.92 Å². The van der Waals surface area contributed by atoms with Crippen molar-refractivity contribution in [2.75, 3.05) is 13.7 Å². The van der Waals surface area contributed by atoms with Crippen molar-refractivity contribution in [3.05, 3.63) is 75.2 Å². The van der Waals surface area contributed by atoms with Gasteiger partial charge in [0.1, 0.15) is 17.9 Å². The summed E-state index contributed by atoms with van der Waals surface area (Å²) in [6.45, 7) is 4.17. The smallest absolute Gasteiger partial charge is 0.390 e. The third-order valence-electron chi connectivity index (χ3n) is 4.85. The van der Waals surface area contributed by atoms with E-state index in [9.17, 15) is 10.1 Å². The van der Waals surface area contributed by atoms with Crippen molar-refractivity contribution >= 4 is 17.0 Å². The van der Waals surface area contributed by atoms with Crippen molar-refractivity contribution in [3.63, 3.8) is 0 Å². The molecule has 0 radical (unpaired) electrons. The van der Waals surface area contributed by atoms with Gasteiger partial charge in [-0.05, 0) is 60.6 Å². The molecule has 0 saturated carbocycles. The molecule has 10 heteroatoms. The van der Waals surface area contributed by atoms with Gasteiger partial charge >= 0.3 is 5.82 Å². The molecule has 0 aliphatic rings. The van der Waals surface area contributed by atoms with Crippen molar-refractivity contribution in [1.82, 2.24) is 24.7 Å². The molecule has 0 spiro atoms. The summed E-state index contributed by atoms with van der Waals surface area (Å²) in [7, 11) is 1.62.